The summed E-state index contributed by atoms with van der Waals surface area (Å²) >= 11 is 6.05. The maximum absolute atomic E-state index is 13.8. The predicted octanol–water partition coefficient (Wildman–Crippen LogP) is 4.16. The highest BCUT2D eigenvalue weighted by molar-refractivity contribution is 8.18. The Morgan fingerprint density at radius 2 is 1.89 bits per heavy atom. The first kappa shape index (κ1) is 20.0. The number of hydrogen-bond donors (Lipinski definition) is 2. The van der Waals surface area contributed by atoms with Crippen LogP contribution in [0.3, 0.4) is 0 Å². The Kier molecular flexibility index (Phi) is 6.43. The maximum atomic E-state index is 13.8. The average molecular weight is 416 g/mol. The average Bonchev–Trinajstić information content (AvgIpc) is 2.93. The number of halogens is 1. The minimum absolute atomic E-state index is 0.162. The second-order valence-electron chi connectivity index (χ2n) is 6.05. The van der Waals surface area contributed by atoms with Crippen LogP contribution in [0.15, 0.2) is 53.4 Å². The number of carbonyl (C=O) groups excluding carboxylic acids is 2. The number of amides is 2. The van der Waals surface area contributed by atoms with Crippen LogP contribution < -0.4 is 10.6 Å². The molecule has 0 radical (unpaired) electrons. The molecule has 0 atom stereocenters. The topological polar surface area (TPSA) is 61.4 Å². The van der Waals surface area contributed by atoms with Crippen molar-refractivity contribution in [3.8, 4) is 0 Å². The van der Waals surface area contributed by atoms with E-state index >= 15 is 0 Å². The summed E-state index contributed by atoms with van der Waals surface area (Å²) in [5.41, 5.74) is 2.21. The molecule has 2 amide bonds. The molecule has 1 heterocycles. The highest BCUT2D eigenvalue weighted by atomic mass is 32.2. The molecule has 0 bridgehead atoms. The van der Waals surface area contributed by atoms with Gasteiger partial charge in [-0.05, 0) is 54.7 Å². The summed E-state index contributed by atoms with van der Waals surface area (Å²) in [7, 11) is 0. The number of carbonyl (C=O) groups is 2. The van der Waals surface area contributed by atoms with Crippen molar-refractivity contribution in [3.05, 3.63) is 70.4 Å². The highest BCUT2D eigenvalue weighted by Gasteiger charge is 2.34. The van der Waals surface area contributed by atoms with E-state index in [0.717, 1.165) is 27.9 Å². The van der Waals surface area contributed by atoms with E-state index in [1.165, 1.54) is 12.1 Å². The van der Waals surface area contributed by atoms with Crippen molar-refractivity contribution in [2.45, 2.75) is 6.92 Å². The fourth-order valence-electron chi connectivity index (χ4n) is 2.59. The molecule has 5 nitrogen and oxygen atoms in total. The quantitative estimate of drug-likeness (QED) is 0.565. The molecule has 0 aliphatic carbocycles. The van der Waals surface area contributed by atoms with E-state index < -0.39 is 11.7 Å². The number of nitrogens with one attached hydrogen (secondary N) is 2. The molecule has 1 aliphatic rings. The van der Waals surface area contributed by atoms with E-state index in [4.69, 9.17) is 12.2 Å². The third-order valence-electron chi connectivity index (χ3n) is 4.08. The van der Waals surface area contributed by atoms with Crippen LogP contribution in [0, 0.1) is 12.7 Å². The number of aryl methyl sites for hydroxylation is 1. The fraction of sp³-hybridized carbons (Fsp3) is 0.150. The minimum Gasteiger partial charge on any atom is -0.361 e. The van der Waals surface area contributed by atoms with Crippen molar-refractivity contribution in [3.63, 3.8) is 0 Å². The van der Waals surface area contributed by atoms with E-state index in [1.807, 2.05) is 31.2 Å². The summed E-state index contributed by atoms with van der Waals surface area (Å²) < 4.78 is 13.8. The monoisotopic (exact) mass is 415 g/mol. The SMILES string of the molecule is Cc1ccccc1NC(=S)NCCN1C(=O)S/C(=C\c2ccccc2F)C1=O. The molecule has 2 N–H and O–H groups in total. The minimum atomic E-state index is -0.441. The molecule has 8 heteroatoms. The second kappa shape index (κ2) is 8.99. The molecule has 2 aromatic carbocycles. The Morgan fingerprint density at radius 1 is 1.18 bits per heavy atom. The number of thiocarbonyl (C=S) groups is 1. The Balaban J connectivity index is 1.56. The third-order valence-corrected chi connectivity index (χ3v) is 5.23. The van der Waals surface area contributed by atoms with Crippen LogP contribution in [0.2, 0.25) is 0 Å². The van der Waals surface area contributed by atoms with E-state index in [-0.39, 0.29) is 22.3 Å². The van der Waals surface area contributed by atoms with Gasteiger partial charge in [-0.1, -0.05) is 36.4 Å². The summed E-state index contributed by atoms with van der Waals surface area (Å²) in [5, 5.41) is 6.09. The number of nitrogens with zero attached hydrogens (tertiary/aromatic N) is 1. The second-order valence-corrected chi connectivity index (χ2v) is 7.45. The van der Waals surface area contributed by atoms with Gasteiger partial charge in [-0.25, -0.2) is 4.39 Å². The molecule has 3 rings (SSSR count). The molecule has 1 aliphatic heterocycles. The van der Waals surface area contributed by atoms with Gasteiger partial charge in [-0.2, -0.15) is 0 Å². The molecule has 28 heavy (non-hydrogen) atoms. The summed E-state index contributed by atoms with van der Waals surface area (Å²) in [6.07, 6.45) is 1.40. The Labute approximate surface area is 172 Å². The number of para-hydroxylation sites is 1. The van der Waals surface area contributed by atoms with Gasteiger partial charge < -0.3 is 10.6 Å². The number of thioether (sulfide) groups is 1. The lowest BCUT2D eigenvalue weighted by molar-refractivity contribution is -0.122. The normalized spacial score (nSPS) is 15.2. The van der Waals surface area contributed by atoms with Crippen LogP contribution in [-0.2, 0) is 4.79 Å². The lowest BCUT2D eigenvalue weighted by Gasteiger charge is -2.15. The van der Waals surface area contributed by atoms with Crippen LogP contribution >= 0.6 is 24.0 Å². The lowest BCUT2D eigenvalue weighted by atomic mass is 10.2. The maximum Gasteiger partial charge on any atom is 0.293 e. The van der Waals surface area contributed by atoms with Crippen LogP contribution in [0.25, 0.3) is 6.08 Å². The van der Waals surface area contributed by atoms with Gasteiger partial charge in [0.1, 0.15) is 5.82 Å². The van der Waals surface area contributed by atoms with Gasteiger partial charge in [0.2, 0.25) is 0 Å². The Morgan fingerprint density at radius 3 is 2.64 bits per heavy atom. The van der Waals surface area contributed by atoms with E-state index in [0.29, 0.717) is 11.7 Å². The van der Waals surface area contributed by atoms with Gasteiger partial charge in [0.25, 0.3) is 11.1 Å². The molecule has 2 aromatic rings. The van der Waals surface area contributed by atoms with Crippen molar-refractivity contribution in [1.82, 2.24) is 10.2 Å². The zero-order valence-electron chi connectivity index (χ0n) is 15.1. The van der Waals surface area contributed by atoms with E-state index in [9.17, 15) is 14.0 Å². The van der Waals surface area contributed by atoms with Crippen molar-refractivity contribution >= 4 is 52.0 Å². The van der Waals surface area contributed by atoms with Crippen LogP contribution in [0.4, 0.5) is 14.9 Å². The van der Waals surface area contributed by atoms with Gasteiger partial charge >= 0.3 is 0 Å². The summed E-state index contributed by atoms with van der Waals surface area (Å²) in [6.45, 7) is 2.44. The van der Waals surface area contributed by atoms with Crippen LogP contribution in [0.1, 0.15) is 11.1 Å². The number of anilines is 1. The summed E-state index contributed by atoms with van der Waals surface area (Å²) in [6, 6.07) is 13.8. The number of imide groups is 1. The van der Waals surface area contributed by atoms with Crippen molar-refractivity contribution in [1.29, 1.82) is 0 Å². The first-order valence-electron chi connectivity index (χ1n) is 8.56. The molecular formula is C20H18FN3O2S2. The Bertz CT molecular complexity index is 962. The summed E-state index contributed by atoms with van der Waals surface area (Å²) in [4.78, 5) is 25.9. The lowest BCUT2D eigenvalue weighted by Crippen LogP contribution is -2.38. The predicted molar refractivity (Wildman–Crippen MR) is 114 cm³/mol. The zero-order chi connectivity index (χ0) is 20.1. The standard InChI is InChI=1S/C20H18FN3O2S2/c1-13-6-2-5-9-16(13)23-19(27)22-10-11-24-18(25)17(28-20(24)26)12-14-7-3-4-8-15(14)21/h2-9,12H,10-11H2,1H3,(H2,22,23,27)/b17-12-. The number of benzene rings is 2. The van der Waals surface area contributed by atoms with Crippen molar-refractivity contribution < 1.29 is 14.0 Å². The van der Waals surface area contributed by atoms with Crippen LogP contribution in [-0.4, -0.2) is 34.2 Å². The molecule has 1 fully saturated rings. The van der Waals surface area contributed by atoms with Crippen molar-refractivity contribution in [2.24, 2.45) is 0 Å². The molecule has 144 valence electrons. The summed E-state index contributed by atoms with van der Waals surface area (Å²) in [5.74, 6) is -0.874. The van der Waals surface area contributed by atoms with Gasteiger partial charge in [0, 0.05) is 24.3 Å². The largest absolute Gasteiger partial charge is 0.361 e. The number of rotatable bonds is 5. The first-order chi connectivity index (χ1) is 13.5. The first-order valence-corrected chi connectivity index (χ1v) is 9.78. The zero-order valence-corrected chi connectivity index (χ0v) is 16.7. The molecule has 0 unspecified atom stereocenters. The molecule has 1 saturated heterocycles. The molecule has 0 aromatic heterocycles. The van der Waals surface area contributed by atoms with Gasteiger partial charge in [-0.3, -0.25) is 14.5 Å². The number of hydrogen-bond acceptors (Lipinski definition) is 4. The van der Waals surface area contributed by atoms with Gasteiger partial charge in [0.05, 0.1) is 4.91 Å². The van der Waals surface area contributed by atoms with Crippen LogP contribution in [0.5, 0.6) is 0 Å². The van der Waals surface area contributed by atoms with E-state index in [1.54, 1.807) is 18.2 Å². The third kappa shape index (κ3) is 4.76. The van der Waals surface area contributed by atoms with Gasteiger partial charge in [-0.15, -0.1) is 0 Å². The van der Waals surface area contributed by atoms with Gasteiger partial charge in [0.15, 0.2) is 5.11 Å². The molecule has 0 saturated carbocycles. The highest BCUT2D eigenvalue weighted by Crippen LogP contribution is 2.32. The van der Waals surface area contributed by atoms with E-state index in [2.05, 4.69) is 10.6 Å². The molecule has 0 spiro atoms. The Hall–Kier alpha value is -2.71. The van der Waals surface area contributed by atoms with Crippen molar-refractivity contribution in [2.75, 3.05) is 18.4 Å². The fourth-order valence-corrected chi connectivity index (χ4v) is 3.65. The molecular weight excluding hydrogens is 397 g/mol. The smallest absolute Gasteiger partial charge is 0.293 e.